The van der Waals surface area contributed by atoms with Crippen LogP contribution in [0.15, 0.2) is 18.2 Å². The molecule has 0 heterocycles. The summed E-state index contributed by atoms with van der Waals surface area (Å²) in [6, 6.07) is 4.14. The van der Waals surface area contributed by atoms with Gasteiger partial charge in [0.1, 0.15) is 11.6 Å². The van der Waals surface area contributed by atoms with Gasteiger partial charge in [0.15, 0.2) is 0 Å². The summed E-state index contributed by atoms with van der Waals surface area (Å²) in [4.78, 5) is 0. The molecule has 16 heavy (non-hydrogen) atoms. The summed E-state index contributed by atoms with van der Waals surface area (Å²) in [7, 11) is 1.55. The van der Waals surface area contributed by atoms with E-state index in [1.165, 1.54) is 12.1 Å². The van der Waals surface area contributed by atoms with Crippen LogP contribution in [-0.4, -0.2) is 13.7 Å². The molecule has 5 heteroatoms. The van der Waals surface area contributed by atoms with Gasteiger partial charge in [-0.05, 0) is 37.6 Å². The smallest absolute Gasteiger partial charge is 0.123 e. The lowest BCUT2D eigenvalue weighted by atomic mass is 10.0. The number of benzene rings is 1. The average Bonchev–Trinajstić information content (AvgIpc) is 2.25. The molecule has 0 saturated carbocycles. The van der Waals surface area contributed by atoms with E-state index in [1.807, 2.05) is 0 Å². The summed E-state index contributed by atoms with van der Waals surface area (Å²) in [6.07, 6.45) is 1.55. The summed E-state index contributed by atoms with van der Waals surface area (Å²) in [5.41, 5.74) is 12.0. The van der Waals surface area contributed by atoms with E-state index in [-0.39, 0.29) is 24.3 Å². The fourth-order valence-electron chi connectivity index (χ4n) is 1.49. The molecule has 0 aliphatic rings. The molecule has 3 nitrogen and oxygen atoms in total. The van der Waals surface area contributed by atoms with E-state index in [2.05, 4.69) is 0 Å². The highest BCUT2D eigenvalue weighted by Gasteiger charge is 2.12. The Morgan fingerprint density at radius 3 is 2.69 bits per heavy atom. The number of rotatable bonds is 5. The molecule has 0 spiro atoms. The molecule has 0 unspecified atom stereocenters. The normalized spacial score (nSPS) is 11.8. The molecule has 1 atom stereocenters. The third-order valence-electron chi connectivity index (χ3n) is 2.31. The van der Waals surface area contributed by atoms with Gasteiger partial charge in [0.05, 0.1) is 7.11 Å². The Kier molecular flexibility index (Phi) is 7.05. The largest absolute Gasteiger partial charge is 0.496 e. The van der Waals surface area contributed by atoms with Crippen molar-refractivity contribution >= 4 is 12.4 Å². The van der Waals surface area contributed by atoms with E-state index in [1.54, 1.807) is 13.2 Å². The maximum atomic E-state index is 13.0. The minimum atomic E-state index is -0.297. The van der Waals surface area contributed by atoms with Crippen LogP contribution in [0.25, 0.3) is 0 Å². The number of ether oxygens (including phenoxy) is 1. The molecule has 4 N–H and O–H groups in total. The van der Waals surface area contributed by atoms with Crippen molar-refractivity contribution in [3.8, 4) is 5.75 Å². The molecule has 0 saturated heterocycles. The van der Waals surface area contributed by atoms with Gasteiger partial charge in [-0.25, -0.2) is 4.39 Å². The number of nitrogens with two attached hydrogens (primary N) is 2. The van der Waals surface area contributed by atoms with Gasteiger partial charge in [-0.15, -0.1) is 12.4 Å². The second-order valence-corrected chi connectivity index (χ2v) is 3.42. The number of halogens is 2. The van der Waals surface area contributed by atoms with Crippen molar-refractivity contribution in [1.82, 2.24) is 0 Å². The number of methoxy groups -OCH3 is 1. The average molecular weight is 249 g/mol. The molecule has 1 aromatic rings. The highest BCUT2D eigenvalue weighted by molar-refractivity contribution is 5.85. The van der Waals surface area contributed by atoms with Gasteiger partial charge in [-0.1, -0.05) is 0 Å². The van der Waals surface area contributed by atoms with Gasteiger partial charge in [-0.3, -0.25) is 0 Å². The first kappa shape index (κ1) is 15.2. The maximum absolute atomic E-state index is 13.0. The third-order valence-corrected chi connectivity index (χ3v) is 2.31. The van der Waals surface area contributed by atoms with Crippen molar-refractivity contribution < 1.29 is 9.13 Å². The Morgan fingerprint density at radius 1 is 1.44 bits per heavy atom. The Bertz CT molecular complexity index is 323. The fourth-order valence-corrected chi connectivity index (χ4v) is 1.49. The van der Waals surface area contributed by atoms with E-state index in [0.717, 1.165) is 12.8 Å². The maximum Gasteiger partial charge on any atom is 0.123 e. The molecule has 1 aromatic carbocycles. The van der Waals surface area contributed by atoms with Gasteiger partial charge in [0.2, 0.25) is 0 Å². The first-order valence-electron chi connectivity index (χ1n) is 4.98. The third kappa shape index (κ3) is 3.96. The second-order valence-electron chi connectivity index (χ2n) is 3.42. The summed E-state index contributed by atoms with van der Waals surface area (Å²) in [5.74, 6) is 0.329. The lowest BCUT2D eigenvalue weighted by Gasteiger charge is -2.15. The van der Waals surface area contributed by atoms with Crippen molar-refractivity contribution in [3.63, 3.8) is 0 Å². The highest BCUT2D eigenvalue weighted by Crippen LogP contribution is 2.26. The topological polar surface area (TPSA) is 61.3 Å². The van der Waals surface area contributed by atoms with Crippen molar-refractivity contribution in [2.45, 2.75) is 18.9 Å². The van der Waals surface area contributed by atoms with Crippen LogP contribution in [0.3, 0.4) is 0 Å². The summed E-state index contributed by atoms with van der Waals surface area (Å²) in [6.45, 7) is 0.589. The van der Waals surface area contributed by atoms with E-state index >= 15 is 0 Å². The van der Waals surface area contributed by atoms with Crippen molar-refractivity contribution in [2.24, 2.45) is 11.5 Å². The first-order chi connectivity index (χ1) is 7.19. The molecule has 0 aliphatic heterocycles. The predicted octanol–water partition coefficient (Wildman–Crippen LogP) is 1.99. The van der Waals surface area contributed by atoms with E-state index in [0.29, 0.717) is 17.9 Å². The lowest BCUT2D eigenvalue weighted by molar-refractivity contribution is 0.402. The standard InChI is InChI=1S/C11H17FN2O.ClH/c1-15-11-5-4-8(12)7-9(11)10(14)3-2-6-13;/h4-5,7,10H,2-3,6,13-14H2,1H3;1H/t10-;/m0./s1. The van der Waals surface area contributed by atoms with E-state index in [4.69, 9.17) is 16.2 Å². The van der Waals surface area contributed by atoms with Crippen molar-refractivity contribution in [3.05, 3.63) is 29.6 Å². The van der Waals surface area contributed by atoms with Crippen LogP contribution in [-0.2, 0) is 0 Å². The first-order valence-corrected chi connectivity index (χ1v) is 4.98. The molecule has 0 aliphatic carbocycles. The van der Waals surface area contributed by atoms with Gasteiger partial charge in [0, 0.05) is 11.6 Å². The molecule has 1 rings (SSSR count). The SMILES string of the molecule is COc1ccc(F)cc1[C@@H](N)CCCN.Cl. The summed E-state index contributed by atoms with van der Waals surface area (Å²) >= 11 is 0. The van der Waals surface area contributed by atoms with Crippen LogP contribution in [0.4, 0.5) is 4.39 Å². The number of hydrogen-bond acceptors (Lipinski definition) is 3. The minimum absolute atomic E-state index is 0. The number of hydrogen-bond donors (Lipinski definition) is 2. The lowest BCUT2D eigenvalue weighted by Crippen LogP contribution is -2.13. The zero-order valence-electron chi connectivity index (χ0n) is 9.28. The highest BCUT2D eigenvalue weighted by atomic mass is 35.5. The van der Waals surface area contributed by atoms with Crippen LogP contribution in [0.5, 0.6) is 5.75 Å². The molecule has 0 aromatic heterocycles. The van der Waals surface area contributed by atoms with Crippen LogP contribution in [0.2, 0.25) is 0 Å². The Hall–Kier alpha value is -0.840. The second kappa shape index (κ2) is 7.44. The van der Waals surface area contributed by atoms with Crippen LogP contribution in [0, 0.1) is 5.82 Å². The zero-order chi connectivity index (χ0) is 11.3. The summed E-state index contributed by atoms with van der Waals surface area (Å²) in [5, 5.41) is 0. The minimum Gasteiger partial charge on any atom is -0.496 e. The van der Waals surface area contributed by atoms with Crippen LogP contribution < -0.4 is 16.2 Å². The van der Waals surface area contributed by atoms with Crippen LogP contribution in [0.1, 0.15) is 24.4 Å². The molecular weight excluding hydrogens is 231 g/mol. The Morgan fingerprint density at radius 2 is 2.12 bits per heavy atom. The molecule has 0 amide bonds. The molecule has 0 bridgehead atoms. The van der Waals surface area contributed by atoms with E-state index < -0.39 is 0 Å². The van der Waals surface area contributed by atoms with Gasteiger partial charge in [-0.2, -0.15) is 0 Å². The van der Waals surface area contributed by atoms with Crippen LogP contribution >= 0.6 is 12.4 Å². The molecule has 92 valence electrons. The van der Waals surface area contributed by atoms with Gasteiger partial charge < -0.3 is 16.2 Å². The predicted molar refractivity (Wildman–Crippen MR) is 65.4 cm³/mol. The van der Waals surface area contributed by atoms with Crippen molar-refractivity contribution in [1.29, 1.82) is 0 Å². The molecular formula is C11H18ClFN2O. The van der Waals surface area contributed by atoms with Gasteiger partial charge >= 0.3 is 0 Å². The van der Waals surface area contributed by atoms with E-state index in [9.17, 15) is 4.39 Å². The fraction of sp³-hybridized carbons (Fsp3) is 0.455. The molecule has 0 radical (unpaired) electrons. The monoisotopic (exact) mass is 248 g/mol. The Labute approximate surface area is 101 Å². The van der Waals surface area contributed by atoms with Gasteiger partial charge in [0.25, 0.3) is 0 Å². The molecule has 0 fully saturated rings. The Balaban J connectivity index is 0.00000225. The zero-order valence-corrected chi connectivity index (χ0v) is 10.1. The van der Waals surface area contributed by atoms with Crippen molar-refractivity contribution in [2.75, 3.05) is 13.7 Å². The summed E-state index contributed by atoms with van der Waals surface area (Å²) < 4.78 is 18.2. The quantitative estimate of drug-likeness (QED) is 0.838.